The Hall–Kier alpha value is -1.06. The molecule has 0 aliphatic carbocycles. The van der Waals surface area contributed by atoms with Crippen LogP contribution in [0.2, 0.25) is 0 Å². The summed E-state index contributed by atoms with van der Waals surface area (Å²) in [7, 11) is 0. The van der Waals surface area contributed by atoms with Crippen LogP contribution < -0.4 is 5.73 Å². The molecule has 70 valence electrons. The van der Waals surface area contributed by atoms with Crippen molar-refractivity contribution in [1.82, 2.24) is 0 Å². The van der Waals surface area contributed by atoms with Crippen molar-refractivity contribution in [2.45, 2.75) is 13.5 Å². The highest BCUT2D eigenvalue weighted by Gasteiger charge is 1.97. The lowest BCUT2D eigenvalue weighted by atomic mass is 10.1. The average Bonchev–Trinajstić information content (AvgIpc) is 2.21. The van der Waals surface area contributed by atoms with Crippen LogP contribution in [0, 0.1) is 0 Å². The normalized spacial score (nSPS) is 8.46. The summed E-state index contributed by atoms with van der Waals surface area (Å²) in [6.07, 6.45) is 0. The first kappa shape index (κ1) is 11.9. The summed E-state index contributed by atoms with van der Waals surface area (Å²) in [6.45, 7) is 2.04. The van der Waals surface area contributed by atoms with Crippen molar-refractivity contribution < 1.29 is 4.79 Å². The van der Waals surface area contributed by atoms with E-state index in [-0.39, 0.29) is 5.78 Å². The lowest BCUT2D eigenvalue weighted by Gasteiger charge is -1.98. The Kier molecular flexibility index (Phi) is 5.93. The van der Waals surface area contributed by atoms with Crippen LogP contribution in [0.5, 0.6) is 0 Å². The third-order valence-electron chi connectivity index (χ3n) is 1.57. The van der Waals surface area contributed by atoms with Gasteiger partial charge >= 0.3 is 0 Å². The van der Waals surface area contributed by atoms with Gasteiger partial charge in [0.15, 0.2) is 5.78 Å². The van der Waals surface area contributed by atoms with Crippen molar-refractivity contribution in [2.75, 3.05) is 0 Å². The number of carbonyl (C=O) groups excluding carboxylic acids is 1. The van der Waals surface area contributed by atoms with Gasteiger partial charge in [-0.25, -0.2) is 0 Å². The minimum atomic E-state index is 0.0836. The fraction of sp³-hybridized carbons (Fsp3) is 0.200. The number of rotatable bonds is 2. The first-order valence-electron chi connectivity index (χ1n) is 3.83. The van der Waals surface area contributed by atoms with E-state index in [1.807, 2.05) is 18.2 Å². The summed E-state index contributed by atoms with van der Waals surface area (Å²) >= 11 is 3.83. The summed E-state index contributed by atoms with van der Waals surface area (Å²) in [5, 5.41) is 0. The van der Waals surface area contributed by atoms with Crippen molar-refractivity contribution in [3.63, 3.8) is 0 Å². The van der Waals surface area contributed by atoms with E-state index in [0.29, 0.717) is 6.54 Å². The fourth-order valence-electron chi connectivity index (χ4n) is 0.917. The van der Waals surface area contributed by atoms with Gasteiger partial charge in [-0.15, -0.1) is 0 Å². The summed E-state index contributed by atoms with van der Waals surface area (Å²) in [5.74, 6) is 2.92. The molecule has 1 aromatic rings. The highest BCUT2D eigenvalue weighted by molar-refractivity contribution is 7.77. The van der Waals surface area contributed by atoms with E-state index in [1.54, 1.807) is 13.0 Å². The summed E-state index contributed by atoms with van der Waals surface area (Å²) < 4.78 is 0. The van der Waals surface area contributed by atoms with Gasteiger partial charge in [0.2, 0.25) is 0 Å². The van der Waals surface area contributed by atoms with Gasteiger partial charge in [0.25, 0.3) is 0 Å². The molecule has 2 N–H and O–H groups in total. The minimum Gasteiger partial charge on any atom is -0.326 e. The van der Waals surface area contributed by atoms with Gasteiger partial charge in [0, 0.05) is 12.1 Å². The molecular weight excluding hydrogens is 182 g/mol. The molecule has 0 saturated heterocycles. The molecule has 1 rings (SSSR count). The van der Waals surface area contributed by atoms with E-state index in [4.69, 9.17) is 5.73 Å². The monoisotopic (exact) mass is 195 g/mol. The van der Waals surface area contributed by atoms with Gasteiger partial charge in [0.05, 0.1) is 0 Å². The van der Waals surface area contributed by atoms with Gasteiger partial charge in [-0.1, -0.05) is 30.4 Å². The Morgan fingerprint density at radius 2 is 2.15 bits per heavy atom. The highest BCUT2D eigenvalue weighted by Crippen LogP contribution is 2.04. The predicted molar refractivity (Wildman–Crippen MR) is 59.0 cm³/mol. The fourth-order valence-corrected chi connectivity index (χ4v) is 0.917. The van der Waals surface area contributed by atoms with Gasteiger partial charge in [-0.05, 0) is 24.4 Å². The number of thiocarbonyl (C=S) groups is 1. The molecule has 0 amide bonds. The molecule has 0 aliphatic rings. The van der Waals surface area contributed by atoms with E-state index in [2.05, 4.69) is 18.1 Å². The quantitative estimate of drug-likeness (QED) is 0.579. The lowest BCUT2D eigenvalue weighted by molar-refractivity contribution is 0.101. The molecule has 0 fully saturated rings. The van der Waals surface area contributed by atoms with Crippen LogP contribution in [0.15, 0.2) is 24.3 Å². The maximum atomic E-state index is 10.9. The van der Waals surface area contributed by atoms with Crippen molar-refractivity contribution >= 4 is 23.9 Å². The Labute approximate surface area is 83.8 Å². The second-order valence-electron chi connectivity index (χ2n) is 2.46. The molecule has 0 radical (unpaired) electrons. The minimum absolute atomic E-state index is 0.0836. The molecule has 0 aliphatic heterocycles. The molecule has 1 aromatic carbocycles. The third kappa shape index (κ3) is 3.92. The van der Waals surface area contributed by atoms with Crippen LogP contribution in [0.4, 0.5) is 0 Å². The van der Waals surface area contributed by atoms with E-state index >= 15 is 0 Å². The van der Waals surface area contributed by atoms with Gasteiger partial charge < -0.3 is 5.73 Å². The third-order valence-corrected chi connectivity index (χ3v) is 1.57. The number of carbonyl (C=O) groups is 1. The Balaban J connectivity index is 0.000000671. The highest BCUT2D eigenvalue weighted by atomic mass is 32.1. The number of nitrogens with two attached hydrogens (primary N) is 1. The second-order valence-corrected chi connectivity index (χ2v) is 2.46. The van der Waals surface area contributed by atoms with Crippen molar-refractivity contribution in [3.8, 4) is 0 Å². The zero-order chi connectivity index (χ0) is 10.3. The molecule has 0 aromatic heterocycles. The average molecular weight is 195 g/mol. The molecule has 2 nitrogen and oxygen atoms in total. The SMILES string of the molecule is C=S.CC(=O)c1cccc(CN)c1. The van der Waals surface area contributed by atoms with Crippen LogP contribution in [0.1, 0.15) is 22.8 Å². The largest absolute Gasteiger partial charge is 0.326 e. The summed E-state index contributed by atoms with van der Waals surface area (Å²) in [6, 6.07) is 7.37. The standard InChI is InChI=1S/C9H11NO.CH2S/c1-7(11)9-4-2-3-8(5-9)6-10;1-2/h2-5H,6,10H2,1H3;1H2. The van der Waals surface area contributed by atoms with E-state index in [1.165, 1.54) is 0 Å². The molecule has 0 heterocycles. The van der Waals surface area contributed by atoms with Crippen molar-refractivity contribution in [2.24, 2.45) is 5.73 Å². The first-order valence-corrected chi connectivity index (χ1v) is 4.40. The van der Waals surface area contributed by atoms with E-state index in [0.717, 1.165) is 11.1 Å². The zero-order valence-electron chi connectivity index (χ0n) is 7.62. The van der Waals surface area contributed by atoms with Gasteiger partial charge in [-0.2, -0.15) is 0 Å². The molecule has 0 unspecified atom stereocenters. The smallest absolute Gasteiger partial charge is 0.159 e. The van der Waals surface area contributed by atoms with Crippen molar-refractivity contribution in [3.05, 3.63) is 35.4 Å². The number of hydrogen-bond acceptors (Lipinski definition) is 3. The predicted octanol–water partition coefficient (Wildman–Crippen LogP) is 1.96. The van der Waals surface area contributed by atoms with Gasteiger partial charge in [-0.3, -0.25) is 4.79 Å². The molecule has 0 atom stereocenters. The Morgan fingerprint density at radius 1 is 1.54 bits per heavy atom. The summed E-state index contributed by atoms with van der Waals surface area (Å²) in [4.78, 5) is 10.9. The van der Waals surface area contributed by atoms with Crippen LogP contribution in [-0.2, 0) is 6.54 Å². The van der Waals surface area contributed by atoms with Crippen LogP contribution in [0.25, 0.3) is 0 Å². The topological polar surface area (TPSA) is 43.1 Å². The number of Topliss-reactive ketones (excluding diaryl/α,β-unsaturated/α-hetero) is 1. The molecule has 0 spiro atoms. The number of benzene rings is 1. The molecule has 3 heteroatoms. The summed E-state index contributed by atoms with van der Waals surface area (Å²) in [5.41, 5.74) is 7.14. The molecule has 13 heavy (non-hydrogen) atoms. The van der Waals surface area contributed by atoms with Gasteiger partial charge in [0.1, 0.15) is 0 Å². The first-order chi connectivity index (χ1) is 6.24. The molecule has 0 bridgehead atoms. The zero-order valence-corrected chi connectivity index (χ0v) is 8.43. The molecular formula is C10H13NOS. The van der Waals surface area contributed by atoms with Crippen molar-refractivity contribution in [1.29, 1.82) is 0 Å². The Bertz CT molecular complexity index is 286. The van der Waals surface area contributed by atoms with E-state index < -0.39 is 0 Å². The number of ketones is 1. The number of hydrogen-bond donors (Lipinski definition) is 1. The van der Waals surface area contributed by atoms with E-state index in [9.17, 15) is 4.79 Å². The molecule has 0 saturated carbocycles. The van der Waals surface area contributed by atoms with Crippen LogP contribution in [-0.4, -0.2) is 11.7 Å². The maximum Gasteiger partial charge on any atom is 0.159 e. The second kappa shape index (κ2) is 6.46. The lowest BCUT2D eigenvalue weighted by Crippen LogP contribution is -1.98. The Morgan fingerprint density at radius 3 is 2.62 bits per heavy atom. The van der Waals surface area contributed by atoms with Crippen LogP contribution >= 0.6 is 12.2 Å². The maximum absolute atomic E-state index is 10.9. The van der Waals surface area contributed by atoms with Crippen LogP contribution in [0.3, 0.4) is 0 Å².